The van der Waals surface area contributed by atoms with E-state index in [0.29, 0.717) is 5.56 Å². The molecule has 0 saturated carbocycles. The summed E-state index contributed by atoms with van der Waals surface area (Å²) < 4.78 is 13.2. The molecule has 5 nitrogen and oxygen atoms in total. The normalized spacial score (nSPS) is 10.1. The average Bonchev–Trinajstić information content (AvgIpc) is 2.37. The maximum atomic E-state index is 13.2. The molecular formula is C14H11FN2O3. The van der Waals surface area contributed by atoms with Crippen molar-refractivity contribution in [2.75, 3.05) is 5.32 Å². The van der Waals surface area contributed by atoms with E-state index in [2.05, 4.69) is 10.3 Å². The molecule has 0 unspecified atom stereocenters. The first-order valence-corrected chi connectivity index (χ1v) is 5.74. The van der Waals surface area contributed by atoms with Crippen molar-refractivity contribution in [2.24, 2.45) is 0 Å². The maximum Gasteiger partial charge on any atom is 0.354 e. The third-order valence-electron chi connectivity index (χ3n) is 2.51. The number of hydrogen-bond acceptors (Lipinski definition) is 3. The van der Waals surface area contributed by atoms with Crippen LogP contribution in [0.5, 0.6) is 0 Å². The predicted molar refractivity (Wildman–Crippen MR) is 70.3 cm³/mol. The van der Waals surface area contributed by atoms with Crippen molar-refractivity contribution in [1.29, 1.82) is 0 Å². The van der Waals surface area contributed by atoms with Gasteiger partial charge in [0.15, 0.2) is 5.69 Å². The van der Waals surface area contributed by atoms with Gasteiger partial charge in [0.1, 0.15) is 11.6 Å². The van der Waals surface area contributed by atoms with Crippen molar-refractivity contribution >= 4 is 17.7 Å². The van der Waals surface area contributed by atoms with Crippen LogP contribution in [0.4, 0.5) is 10.2 Å². The summed E-state index contributed by atoms with van der Waals surface area (Å²) in [5, 5.41) is 11.2. The molecule has 2 N–H and O–H groups in total. The van der Waals surface area contributed by atoms with Crippen molar-refractivity contribution in [3.05, 3.63) is 59.0 Å². The lowest BCUT2D eigenvalue weighted by Crippen LogP contribution is -2.14. The summed E-state index contributed by atoms with van der Waals surface area (Å²) in [6.07, 6.45) is 0. The molecule has 0 spiro atoms. The van der Waals surface area contributed by atoms with Gasteiger partial charge in [0, 0.05) is 5.56 Å². The van der Waals surface area contributed by atoms with Gasteiger partial charge in [0.2, 0.25) is 0 Å². The van der Waals surface area contributed by atoms with Crippen LogP contribution in [0.2, 0.25) is 0 Å². The van der Waals surface area contributed by atoms with Crippen molar-refractivity contribution in [3.8, 4) is 0 Å². The summed E-state index contributed by atoms with van der Waals surface area (Å²) in [5.74, 6) is -2.16. The molecule has 0 aliphatic carbocycles. The van der Waals surface area contributed by atoms with Crippen LogP contribution in [0.25, 0.3) is 0 Å². The number of hydrogen-bond donors (Lipinski definition) is 2. The minimum atomic E-state index is -1.19. The zero-order chi connectivity index (χ0) is 14.7. The number of amides is 1. The SMILES string of the molecule is Cc1cc(F)cc(C(=O)Nc2cccc(C(=O)O)n2)c1. The molecule has 0 atom stereocenters. The van der Waals surface area contributed by atoms with Gasteiger partial charge in [-0.2, -0.15) is 0 Å². The van der Waals surface area contributed by atoms with Gasteiger partial charge in [0.05, 0.1) is 0 Å². The van der Waals surface area contributed by atoms with Crippen molar-refractivity contribution in [3.63, 3.8) is 0 Å². The Balaban J connectivity index is 2.23. The van der Waals surface area contributed by atoms with Crippen LogP contribution in [0, 0.1) is 12.7 Å². The van der Waals surface area contributed by atoms with E-state index in [1.54, 1.807) is 6.92 Å². The maximum absolute atomic E-state index is 13.2. The number of aryl methyl sites for hydroxylation is 1. The van der Waals surface area contributed by atoms with Gasteiger partial charge in [-0.1, -0.05) is 6.07 Å². The van der Waals surface area contributed by atoms with E-state index in [1.807, 2.05) is 0 Å². The van der Waals surface area contributed by atoms with E-state index in [9.17, 15) is 14.0 Å². The van der Waals surface area contributed by atoms with Crippen LogP contribution in [0.3, 0.4) is 0 Å². The number of pyridine rings is 1. The summed E-state index contributed by atoms with van der Waals surface area (Å²) in [4.78, 5) is 26.5. The van der Waals surface area contributed by atoms with Gasteiger partial charge in [0.25, 0.3) is 5.91 Å². The highest BCUT2D eigenvalue weighted by atomic mass is 19.1. The Kier molecular flexibility index (Phi) is 3.74. The Morgan fingerprint density at radius 1 is 1.25 bits per heavy atom. The molecule has 1 aromatic carbocycles. The molecule has 1 amide bonds. The molecule has 2 aromatic rings. The number of carbonyl (C=O) groups excluding carboxylic acids is 1. The number of nitrogens with one attached hydrogen (secondary N) is 1. The molecule has 2 rings (SSSR count). The number of aromatic nitrogens is 1. The van der Waals surface area contributed by atoms with E-state index in [4.69, 9.17) is 5.11 Å². The molecule has 0 fully saturated rings. The smallest absolute Gasteiger partial charge is 0.354 e. The largest absolute Gasteiger partial charge is 0.477 e. The van der Waals surface area contributed by atoms with E-state index >= 15 is 0 Å². The molecule has 0 radical (unpaired) electrons. The highest BCUT2D eigenvalue weighted by Crippen LogP contribution is 2.11. The van der Waals surface area contributed by atoms with Crippen LogP contribution in [0.15, 0.2) is 36.4 Å². The third kappa shape index (κ3) is 3.17. The number of carboxylic acid groups (broad SMARTS) is 1. The van der Waals surface area contributed by atoms with Crippen molar-refractivity contribution in [2.45, 2.75) is 6.92 Å². The molecule has 1 aromatic heterocycles. The van der Waals surface area contributed by atoms with Gasteiger partial charge in [-0.05, 0) is 42.8 Å². The van der Waals surface area contributed by atoms with Gasteiger partial charge < -0.3 is 10.4 Å². The number of aromatic carboxylic acids is 1. The molecule has 0 bridgehead atoms. The molecule has 1 heterocycles. The Morgan fingerprint density at radius 2 is 2.00 bits per heavy atom. The number of halogens is 1. The second-order valence-electron chi connectivity index (χ2n) is 4.18. The number of carboxylic acids is 1. The molecule has 102 valence electrons. The summed E-state index contributed by atoms with van der Waals surface area (Å²) in [6.45, 7) is 1.67. The van der Waals surface area contributed by atoms with Gasteiger partial charge in [-0.3, -0.25) is 4.79 Å². The fourth-order valence-electron chi connectivity index (χ4n) is 1.68. The van der Waals surface area contributed by atoms with Crippen molar-refractivity contribution < 1.29 is 19.1 Å². The lowest BCUT2D eigenvalue weighted by molar-refractivity contribution is 0.0690. The highest BCUT2D eigenvalue weighted by molar-refractivity contribution is 6.04. The van der Waals surface area contributed by atoms with E-state index in [0.717, 1.165) is 6.07 Å². The molecule has 6 heteroatoms. The number of nitrogens with zero attached hydrogens (tertiary/aromatic N) is 1. The second kappa shape index (κ2) is 5.48. The summed E-state index contributed by atoms with van der Waals surface area (Å²) in [7, 11) is 0. The summed E-state index contributed by atoms with van der Waals surface area (Å²) in [5.41, 5.74) is 0.575. The Hall–Kier alpha value is -2.76. The van der Waals surface area contributed by atoms with E-state index < -0.39 is 17.7 Å². The zero-order valence-electron chi connectivity index (χ0n) is 10.6. The Bertz CT molecular complexity index is 666. The highest BCUT2D eigenvalue weighted by Gasteiger charge is 2.11. The zero-order valence-corrected chi connectivity index (χ0v) is 10.6. The minimum Gasteiger partial charge on any atom is -0.477 e. The van der Waals surface area contributed by atoms with Crippen LogP contribution in [-0.4, -0.2) is 22.0 Å². The van der Waals surface area contributed by atoms with Crippen LogP contribution < -0.4 is 5.32 Å². The van der Waals surface area contributed by atoms with E-state index in [-0.39, 0.29) is 17.1 Å². The average molecular weight is 274 g/mol. The first kappa shape index (κ1) is 13.7. The topological polar surface area (TPSA) is 79.3 Å². The first-order chi connectivity index (χ1) is 9.45. The number of carbonyl (C=O) groups is 2. The fourth-order valence-corrected chi connectivity index (χ4v) is 1.68. The first-order valence-electron chi connectivity index (χ1n) is 5.74. The summed E-state index contributed by atoms with van der Waals surface area (Å²) >= 11 is 0. The van der Waals surface area contributed by atoms with Crippen molar-refractivity contribution in [1.82, 2.24) is 4.98 Å². The standard InChI is InChI=1S/C14H11FN2O3/c1-8-5-9(7-10(15)6-8)13(18)17-12-4-2-3-11(16-12)14(19)20/h2-7H,1H3,(H,19,20)(H,16,17,18). The molecule has 20 heavy (non-hydrogen) atoms. The fraction of sp³-hybridized carbons (Fsp3) is 0.0714. The van der Waals surface area contributed by atoms with E-state index in [1.165, 1.54) is 30.3 Å². The Labute approximate surface area is 114 Å². The van der Waals surface area contributed by atoms with Crippen LogP contribution in [0.1, 0.15) is 26.4 Å². The number of benzene rings is 1. The predicted octanol–water partition coefficient (Wildman–Crippen LogP) is 2.48. The summed E-state index contributed by atoms with van der Waals surface area (Å²) in [6, 6.07) is 8.16. The molecule has 0 saturated heterocycles. The monoisotopic (exact) mass is 274 g/mol. The number of anilines is 1. The van der Waals surface area contributed by atoms with Crippen LogP contribution >= 0.6 is 0 Å². The lowest BCUT2D eigenvalue weighted by atomic mass is 10.1. The molecule has 0 aliphatic heterocycles. The van der Waals surface area contributed by atoms with Gasteiger partial charge in [-0.25, -0.2) is 14.2 Å². The van der Waals surface area contributed by atoms with Gasteiger partial charge >= 0.3 is 5.97 Å². The number of rotatable bonds is 3. The third-order valence-corrected chi connectivity index (χ3v) is 2.51. The molecule has 0 aliphatic rings. The van der Waals surface area contributed by atoms with Gasteiger partial charge in [-0.15, -0.1) is 0 Å². The Morgan fingerprint density at radius 3 is 2.65 bits per heavy atom. The quantitative estimate of drug-likeness (QED) is 0.901. The minimum absolute atomic E-state index is 0.0943. The van der Waals surface area contributed by atoms with Crippen LogP contribution in [-0.2, 0) is 0 Å². The molecular weight excluding hydrogens is 263 g/mol. The second-order valence-corrected chi connectivity index (χ2v) is 4.18. The lowest BCUT2D eigenvalue weighted by Gasteiger charge is -2.06.